The van der Waals surface area contributed by atoms with Gasteiger partial charge in [0.25, 0.3) is 5.72 Å². The molecule has 1 fully saturated rings. The summed E-state index contributed by atoms with van der Waals surface area (Å²) in [6, 6.07) is 18.6. The van der Waals surface area contributed by atoms with Gasteiger partial charge in [-0.3, -0.25) is 4.90 Å². The van der Waals surface area contributed by atoms with Crippen LogP contribution in [0, 0.1) is 0 Å². The van der Waals surface area contributed by atoms with Crippen molar-refractivity contribution in [3.63, 3.8) is 0 Å². The molecule has 236 valence electrons. The van der Waals surface area contributed by atoms with Crippen molar-refractivity contribution in [3.8, 4) is 22.8 Å². The Kier molecular flexibility index (Phi) is 8.94. The van der Waals surface area contributed by atoms with Gasteiger partial charge < -0.3 is 9.84 Å². The van der Waals surface area contributed by atoms with Crippen molar-refractivity contribution >= 4 is 28.8 Å². The number of alkyl halides is 6. The van der Waals surface area contributed by atoms with Gasteiger partial charge >= 0.3 is 12.5 Å². The molecule has 0 saturated carbocycles. The fourth-order valence-electron chi connectivity index (χ4n) is 4.55. The summed E-state index contributed by atoms with van der Waals surface area (Å²) >= 11 is 0.762. The Hall–Kier alpha value is -4.37. The molecule has 0 aliphatic carbocycles. The van der Waals surface area contributed by atoms with E-state index in [9.17, 15) is 31.4 Å². The molecule has 4 aromatic rings. The molecule has 2 unspecified atom stereocenters. The fourth-order valence-corrected chi connectivity index (χ4v) is 5.65. The molecule has 5 rings (SSSR count). The molecule has 15 heteroatoms. The van der Waals surface area contributed by atoms with Crippen LogP contribution in [0.3, 0.4) is 0 Å². The molecule has 2 atom stereocenters. The maximum Gasteiger partial charge on any atom is 0.573 e. The van der Waals surface area contributed by atoms with Crippen molar-refractivity contribution in [1.29, 1.82) is 0 Å². The van der Waals surface area contributed by atoms with E-state index in [1.54, 1.807) is 42.5 Å². The number of aromatic nitrogens is 3. The molecule has 0 amide bonds. The number of rotatable bonds is 8. The smallest absolute Gasteiger partial charge is 0.406 e. The number of nitrogens with zero attached hydrogens (tertiary/aromatic N) is 6. The van der Waals surface area contributed by atoms with E-state index in [4.69, 9.17) is 0 Å². The van der Waals surface area contributed by atoms with E-state index in [0.29, 0.717) is 34.6 Å². The lowest BCUT2D eigenvalue weighted by Gasteiger charge is -2.36. The van der Waals surface area contributed by atoms with Crippen LogP contribution in [-0.2, 0) is 0 Å². The van der Waals surface area contributed by atoms with Crippen LogP contribution >= 0.6 is 11.8 Å². The summed E-state index contributed by atoms with van der Waals surface area (Å²) in [5.74, 6) is -0.745. The summed E-state index contributed by atoms with van der Waals surface area (Å²) in [5, 5.41) is 23.2. The van der Waals surface area contributed by atoms with Crippen LogP contribution in [0.25, 0.3) is 17.1 Å². The second-order valence-electron chi connectivity index (χ2n) is 10.1. The van der Waals surface area contributed by atoms with Gasteiger partial charge in [-0.25, -0.2) is 9.67 Å². The number of hydrogen-bond donors (Lipinski definition) is 1. The second-order valence-corrected chi connectivity index (χ2v) is 11.1. The Morgan fingerprint density at radius 3 is 2.36 bits per heavy atom. The third-order valence-corrected chi connectivity index (χ3v) is 8.15. The van der Waals surface area contributed by atoms with Crippen molar-refractivity contribution in [3.05, 3.63) is 90.3 Å². The third kappa shape index (κ3) is 6.99. The maximum atomic E-state index is 14.1. The Labute approximate surface area is 258 Å². The van der Waals surface area contributed by atoms with Gasteiger partial charge in [-0.1, -0.05) is 68.1 Å². The highest BCUT2D eigenvalue weighted by Gasteiger charge is 2.63. The van der Waals surface area contributed by atoms with Gasteiger partial charge in [-0.15, -0.1) is 23.4 Å². The molecular formula is C30H26F6N6O2S. The van der Waals surface area contributed by atoms with Crippen molar-refractivity contribution in [2.45, 2.75) is 44.4 Å². The number of para-hydroxylation sites is 1. The molecule has 1 saturated heterocycles. The van der Waals surface area contributed by atoms with E-state index in [1.807, 2.05) is 13.8 Å². The normalized spacial score (nSPS) is 19.0. The molecule has 3 aromatic carbocycles. The second kappa shape index (κ2) is 12.6. The topological polar surface area (TPSA) is 88.1 Å². The number of benzene rings is 3. The number of thioether (sulfide) groups is 1. The minimum absolute atomic E-state index is 0.0631. The van der Waals surface area contributed by atoms with Crippen LogP contribution in [0.1, 0.15) is 37.3 Å². The highest BCUT2D eigenvalue weighted by molar-refractivity contribution is 8.14. The van der Waals surface area contributed by atoms with Crippen molar-refractivity contribution < 1.29 is 36.2 Å². The van der Waals surface area contributed by atoms with E-state index >= 15 is 0 Å². The number of aliphatic hydroxyl groups is 1. The monoisotopic (exact) mass is 648 g/mol. The van der Waals surface area contributed by atoms with Gasteiger partial charge in [-0.2, -0.15) is 18.3 Å². The first-order valence-corrected chi connectivity index (χ1v) is 14.6. The van der Waals surface area contributed by atoms with Crippen LogP contribution in [0.4, 0.5) is 32.0 Å². The van der Waals surface area contributed by atoms with Crippen LogP contribution in [0.15, 0.2) is 89.3 Å². The predicted octanol–water partition coefficient (Wildman–Crippen LogP) is 7.54. The first kappa shape index (κ1) is 32.0. The van der Waals surface area contributed by atoms with Gasteiger partial charge in [0.1, 0.15) is 12.1 Å². The number of amidine groups is 1. The van der Waals surface area contributed by atoms with Crippen molar-refractivity contribution in [2.75, 3.05) is 10.7 Å². The summed E-state index contributed by atoms with van der Waals surface area (Å²) in [6.07, 6.45) is -6.28. The largest absolute Gasteiger partial charge is 0.573 e. The lowest BCUT2D eigenvalue weighted by atomic mass is 9.95. The Morgan fingerprint density at radius 2 is 1.71 bits per heavy atom. The van der Waals surface area contributed by atoms with E-state index in [1.165, 1.54) is 47.6 Å². The fraction of sp³-hybridized carbons (Fsp3) is 0.267. The molecular weight excluding hydrogens is 622 g/mol. The molecule has 45 heavy (non-hydrogen) atoms. The van der Waals surface area contributed by atoms with Crippen LogP contribution in [-0.4, -0.2) is 55.3 Å². The first-order chi connectivity index (χ1) is 21.3. The molecule has 1 aromatic heterocycles. The van der Waals surface area contributed by atoms with Crippen LogP contribution < -0.4 is 9.64 Å². The molecule has 1 aliphatic rings. The van der Waals surface area contributed by atoms with Crippen molar-refractivity contribution in [2.24, 2.45) is 10.2 Å². The van der Waals surface area contributed by atoms with Crippen molar-refractivity contribution in [1.82, 2.24) is 14.8 Å². The van der Waals surface area contributed by atoms with E-state index in [-0.39, 0.29) is 22.5 Å². The zero-order valence-electron chi connectivity index (χ0n) is 23.8. The van der Waals surface area contributed by atoms with Crippen LogP contribution in [0.5, 0.6) is 5.75 Å². The number of anilines is 1. The minimum Gasteiger partial charge on any atom is -0.406 e. The zero-order valence-corrected chi connectivity index (χ0v) is 24.6. The zero-order chi connectivity index (χ0) is 32.4. The summed E-state index contributed by atoms with van der Waals surface area (Å²) in [7, 11) is 0. The summed E-state index contributed by atoms with van der Waals surface area (Å²) in [4.78, 5) is 5.06. The van der Waals surface area contributed by atoms with Gasteiger partial charge in [0.2, 0.25) is 0 Å². The van der Waals surface area contributed by atoms with E-state index in [2.05, 4.69) is 25.0 Å². The van der Waals surface area contributed by atoms with Gasteiger partial charge in [0.15, 0.2) is 11.0 Å². The molecule has 0 bridgehead atoms. The molecule has 0 radical (unpaired) electrons. The average Bonchev–Trinajstić information content (AvgIpc) is 3.62. The highest BCUT2D eigenvalue weighted by atomic mass is 32.2. The Bertz CT molecular complexity index is 1690. The quantitative estimate of drug-likeness (QED) is 0.121. The molecule has 0 spiro atoms. The first-order valence-electron chi connectivity index (χ1n) is 13.6. The molecule has 1 aliphatic heterocycles. The average molecular weight is 649 g/mol. The summed E-state index contributed by atoms with van der Waals surface area (Å²) in [6.45, 7) is 3.84. The molecule has 2 heterocycles. The predicted molar refractivity (Wildman–Crippen MR) is 160 cm³/mol. The molecule has 1 N–H and O–H groups in total. The lowest BCUT2D eigenvalue weighted by Crippen LogP contribution is -2.58. The Morgan fingerprint density at radius 1 is 1.02 bits per heavy atom. The third-order valence-electron chi connectivity index (χ3n) is 7.08. The number of ether oxygens (including phenoxy) is 1. The van der Waals surface area contributed by atoms with Gasteiger partial charge in [0, 0.05) is 11.3 Å². The minimum atomic E-state index is -4.95. The van der Waals surface area contributed by atoms with Gasteiger partial charge in [0.05, 0.1) is 17.7 Å². The lowest BCUT2D eigenvalue weighted by molar-refractivity contribution is -0.274. The molecule has 8 nitrogen and oxygen atoms in total. The Balaban J connectivity index is 1.34. The van der Waals surface area contributed by atoms with E-state index in [0.717, 1.165) is 16.7 Å². The summed E-state index contributed by atoms with van der Waals surface area (Å²) in [5.41, 5.74) is -0.610. The van der Waals surface area contributed by atoms with Crippen LogP contribution in [0.2, 0.25) is 0 Å². The number of halogens is 6. The number of hydrogen-bond acceptors (Lipinski definition) is 7. The van der Waals surface area contributed by atoms with E-state index < -0.39 is 24.0 Å². The summed E-state index contributed by atoms with van der Waals surface area (Å²) < 4.78 is 84.9. The highest BCUT2D eigenvalue weighted by Crippen LogP contribution is 2.47. The van der Waals surface area contributed by atoms with Gasteiger partial charge in [-0.05, 0) is 53.8 Å². The maximum absolute atomic E-state index is 14.1. The SMILES string of the molecule is CCC(C)c1ccccc1N1C(=NN=Cc2ccc(-c3ncn(-c4ccc(OC(F)(F)F)cc4)n3)cc2)SCC1(O)C(F)(F)F. The standard InChI is InChI=1S/C30H26F6N6O2S/c1-3-19(2)24-6-4-5-7-25(24)42-27(45-17-28(42,43)29(31,32)33)39-38-16-20-8-10-21(11-9-20)26-37-18-41(40-26)22-12-14-23(15-13-22)44-30(34,35)36/h4-16,18-19,43H,3,17H2,1-2H3.